The average molecular weight is 216 g/mol. The Hall–Kier alpha value is -0.820. The van der Waals surface area contributed by atoms with E-state index in [1.807, 2.05) is 0 Å². The molecule has 1 heterocycles. The van der Waals surface area contributed by atoms with Crippen molar-refractivity contribution in [3.63, 3.8) is 0 Å². The highest BCUT2D eigenvalue weighted by Gasteiger charge is 2.62. The van der Waals surface area contributed by atoms with Crippen LogP contribution < -0.4 is 0 Å². The molecule has 1 heteroatoms. The minimum atomic E-state index is 0.292. The number of rotatable bonds is 1. The highest BCUT2D eigenvalue weighted by molar-refractivity contribution is 5.37. The second kappa shape index (κ2) is 3.10. The third-order valence-electron chi connectivity index (χ3n) is 4.87. The standard InChI is InChI=1S/C15H20O/c1-11-4-6-12(7-5-11)15-10-16-13(15)8-9-14(15,2)3/h4-7,13H,8-10H2,1-3H3/t13-,15+/m1/s1. The molecule has 2 atom stereocenters. The van der Waals surface area contributed by atoms with E-state index in [2.05, 4.69) is 45.0 Å². The summed E-state index contributed by atoms with van der Waals surface area (Å²) < 4.78 is 5.78. The van der Waals surface area contributed by atoms with Gasteiger partial charge in [0.25, 0.3) is 0 Å². The van der Waals surface area contributed by atoms with Crippen molar-refractivity contribution in [3.05, 3.63) is 35.4 Å². The summed E-state index contributed by atoms with van der Waals surface area (Å²) in [6.45, 7) is 7.86. The first-order valence-electron chi connectivity index (χ1n) is 6.25. The summed E-state index contributed by atoms with van der Waals surface area (Å²) in [7, 11) is 0. The molecule has 1 saturated carbocycles. The van der Waals surface area contributed by atoms with Gasteiger partial charge >= 0.3 is 0 Å². The molecule has 0 amide bonds. The summed E-state index contributed by atoms with van der Waals surface area (Å²) in [6, 6.07) is 9.07. The molecule has 1 aliphatic carbocycles. The molecule has 0 radical (unpaired) electrons. The summed E-state index contributed by atoms with van der Waals surface area (Å²) in [5, 5.41) is 0. The summed E-state index contributed by atoms with van der Waals surface area (Å²) in [5.74, 6) is 0. The van der Waals surface area contributed by atoms with Crippen molar-refractivity contribution in [1.82, 2.24) is 0 Å². The average Bonchev–Trinajstić information content (AvgIpc) is 2.36. The van der Waals surface area contributed by atoms with Crippen LogP contribution in [-0.4, -0.2) is 12.7 Å². The number of hydrogen-bond donors (Lipinski definition) is 0. The number of ether oxygens (including phenoxy) is 1. The van der Waals surface area contributed by atoms with Crippen LogP contribution in [0.1, 0.15) is 37.8 Å². The van der Waals surface area contributed by atoms with Crippen LogP contribution in [-0.2, 0) is 10.2 Å². The Balaban J connectivity index is 2.07. The smallest absolute Gasteiger partial charge is 0.0699 e. The molecule has 1 aromatic rings. The van der Waals surface area contributed by atoms with E-state index in [1.54, 1.807) is 0 Å². The molecule has 0 bridgehead atoms. The molecule has 0 N–H and O–H groups in total. The van der Waals surface area contributed by atoms with Gasteiger partial charge in [-0.25, -0.2) is 0 Å². The number of aryl methyl sites for hydroxylation is 1. The first kappa shape index (κ1) is 10.3. The van der Waals surface area contributed by atoms with Gasteiger partial charge in [0, 0.05) is 5.41 Å². The molecule has 1 aromatic carbocycles. The fourth-order valence-corrected chi connectivity index (χ4v) is 3.55. The molecule has 2 fully saturated rings. The molecule has 1 nitrogen and oxygen atoms in total. The van der Waals surface area contributed by atoms with Crippen LogP contribution in [0, 0.1) is 12.3 Å². The molecular weight excluding hydrogens is 196 g/mol. The lowest BCUT2D eigenvalue weighted by Crippen LogP contribution is -2.58. The van der Waals surface area contributed by atoms with Crippen LogP contribution in [0.2, 0.25) is 0 Å². The number of benzene rings is 1. The van der Waals surface area contributed by atoms with Crippen molar-refractivity contribution in [2.24, 2.45) is 5.41 Å². The van der Waals surface area contributed by atoms with E-state index in [4.69, 9.17) is 4.74 Å². The van der Waals surface area contributed by atoms with Crippen molar-refractivity contribution in [3.8, 4) is 0 Å². The Morgan fingerprint density at radius 3 is 2.38 bits per heavy atom. The predicted octanol–water partition coefficient (Wildman–Crippen LogP) is 3.45. The Morgan fingerprint density at radius 1 is 1.19 bits per heavy atom. The van der Waals surface area contributed by atoms with Crippen molar-refractivity contribution in [1.29, 1.82) is 0 Å². The molecule has 2 aliphatic rings. The first-order chi connectivity index (χ1) is 7.56. The lowest BCUT2D eigenvalue weighted by atomic mass is 9.61. The second-order valence-electron chi connectivity index (χ2n) is 6.06. The quantitative estimate of drug-likeness (QED) is 0.698. The molecule has 0 aromatic heterocycles. The van der Waals surface area contributed by atoms with Gasteiger partial charge in [-0.3, -0.25) is 0 Å². The highest BCUT2D eigenvalue weighted by atomic mass is 16.5. The maximum Gasteiger partial charge on any atom is 0.0699 e. The van der Waals surface area contributed by atoms with Crippen LogP contribution in [0.3, 0.4) is 0 Å². The molecule has 86 valence electrons. The molecule has 3 rings (SSSR count). The maximum atomic E-state index is 5.78. The molecule has 0 unspecified atom stereocenters. The molecule has 1 saturated heterocycles. The summed E-state index contributed by atoms with van der Waals surface area (Å²) in [4.78, 5) is 0. The predicted molar refractivity (Wildman–Crippen MR) is 65.6 cm³/mol. The van der Waals surface area contributed by atoms with Crippen molar-refractivity contribution < 1.29 is 4.74 Å². The van der Waals surface area contributed by atoms with Gasteiger partial charge in [-0.1, -0.05) is 43.7 Å². The van der Waals surface area contributed by atoms with Crippen molar-refractivity contribution >= 4 is 0 Å². The summed E-state index contributed by atoms with van der Waals surface area (Å²) in [5.41, 5.74) is 3.50. The third-order valence-corrected chi connectivity index (χ3v) is 4.87. The summed E-state index contributed by atoms with van der Waals surface area (Å²) in [6.07, 6.45) is 2.97. The van der Waals surface area contributed by atoms with E-state index in [9.17, 15) is 0 Å². The van der Waals surface area contributed by atoms with E-state index in [-0.39, 0.29) is 0 Å². The van der Waals surface area contributed by atoms with Crippen molar-refractivity contribution in [2.45, 2.75) is 45.1 Å². The van der Waals surface area contributed by atoms with Gasteiger partial charge < -0.3 is 4.74 Å². The SMILES string of the molecule is Cc1ccc([C@@]23CO[C@@H]2CCC3(C)C)cc1. The zero-order valence-electron chi connectivity index (χ0n) is 10.4. The third kappa shape index (κ3) is 1.10. The van der Waals surface area contributed by atoms with Crippen LogP contribution in [0.4, 0.5) is 0 Å². The van der Waals surface area contributed by atoms with Crippen LogP contribution in [0.15, 0.2) is 24.3 Å². The molecule has 1 aliphatic heterocycles. The van der Waals surface area contributed by atoms with Gasteiger partial charge in [0.15, 0.2) is 0 Å². The second-order valence-corrected chi connectivity index (χ2v) is 6.06. The van der Waals surface area contributed by atoms with Gasteiger partial charge in [-0.05, 0) is 30.7 Å². The first-order valence-corrected chi connectivity index (χ1v) is 6.25. The topological polar surface area (TPSA) is 9.23 Å². The Kier molecular flexibility index (Phi) is 2.00. The minimum Gasteiger partial charge on any atom is -0.376 e. The highest BCUT2D eigenvalue weighted by Crippen LogP contribution is 2.60. The lowest BCUT2D eigenvalue weighted by molar-refractivity contribution is -0.152. The zero-order valence-corrected chi connectivity index (χ0v) is 10.4. The Bertz CT molecular complexity index is 404. The van der Waals surface area contributed by atoms with E-state index in [0.717, 1.165) is 6.61 Å². The number of hydrogen-bond acceptors (Lipinski definition) is 1. The minimum absolute atomic E-state index is 0.292. The van der Waals surface area contributed by atoms with Crippen LogP contribution >= 0.6 is 0 Å². The fourth-order valence-electron chi connectivity index (χ4n) is 3.55. The molecular formula is C15H20O. The normalized spacial score (nSPS) is 35.6. The van der Waals surface area contributed by atoms with Crippen LogP contribution in [0.5, 0.6) is 0 Å². The van der Waals surface area contributed by atoms with E-state index in [1.165, 1.54) is 24.0 Å². The fraction of sp³-hybridized carbons (Fsp3) is 0.600. The molecule has 0 spiro atoms. The Labute approximate surface area is 97.8 Å². The zero-order chi connectivity index (χ0) is 11.4. The van der Waals surface area contributed by atoms with E-state index >= 15 is 0 Å². The number of fused-ring (bicyclic) bond motifs is 1. The van der Waals surface area contributed by atoms with Crippen molar-refractivity contribution in [2.75, 3.05) is 6.61 Å². The molecule has 16 heavy (non-hydrogen) atoms. The summed E-state index contributed by atoms with van der Waals surface area (Å²) >= 11 is 0. The van der Waals surface area contributed by atoms with Gasteiger partial charge in [0.2, 0.25) is 0 Å². The Morgan fingerprint density at radius 2 is 1.88 bits per heavy atom. The van der Waals surface area contributed by atoms with Gasteiger partial charge in [-0.2, -0.15) is 0 Å². The van der Waals surface area contributed by atoms with Gasteiger partial charge in [0.1, 0.15) is 0 Å². The van der Waals surface area contributed by atoms with Gasteiger partial charge in [0.05, 0.1) is 12.7 Å². The van der Waals surface area contributed by atoms with E-state index in [0.29, 0.717) is 16.9 Å². The van der Waals surface area contributed by atoms with E-state index < -0.39 is 0 Å². The van der Waals surface area contributed by atoms with Gasteiger partial charge in [-0.15, -0.1) is 0 Å². The largest absolute Gasteiger partial charge is 0.376 e. The lowest BCUT2D eigenvalue weighted by Gasteiger charge is -2.52. The monoisotopic (exact) mass is 216 g/mol. The van der Waals surface area contributed by atoms with Crippen LogP contribution in [0.25, 0.3) is 0 Å². The maximum absolute atomic E-state index is 5.78.